The van der Waals surface area contributed by atoms with Gasteiger partial charge in [-0.25, -0.2) is 13.6 Å². The Balaban J connectivity index is 2.13. The Morgan fingerprint density at radius 1 is 1.10 bits per heavy atom. The summed E-state index contributed by atoms with van der Waals surface area (Å²) in [6.45, 7) is -0.307. The number of nitrogens with two attached hydrogens (primary N) is 1. The monoisotopic (exact) mass is 477 g/mol. The zero-order chi connectivity index (χ0) is 23.2. The molecule has 7 nitrogen and oxygen atoms in total. The van der Waals surface area contributed by atoms with Crippen LogP contribution in [0.25, 0.3) is 0 Å². The number of primary sulfonamides is 1. The Labute approximate surface area is 181 Å². The van der Waals surface area contributed by atoms with Crippen LogP contribution in [0, 0.1) is 0 Å². The third-order valence-electron chi connectivity index (χ3n) is 4.05. The summed E-state index contributed by atoms with van der Waals surface area (Å²) in [4.78, 5) is 23.9. The third kappa shape index (κ3) is 7.85. The van der Waals surface area contributed by atoms with Crippen LogP contribution >= 0.6 is 11.6 Å². The number of rotatable bonds is 8. The van der Waals surface area contributed by atoms with E-state index in [1.165, 1.54) is 6.07 Å². The molecule has 0 heterocycles. The molecule has 2 amide bonds. The lowest BCUT2D eigenvalue weighted by Crippen LogP contribution is -2.28. The molecule has 31 heavy (non-hydrogen) atoms. The topological polar surface area (TPSA) is 118 Å². The Hall–Kier alpha value is -2.63. The Morgan fingerprint density at radius 2 is 1.77 bits per heavy atom. The smallest absolute Gasteiger partial charge is 0.352 e. The van der Waals surface area contributed by atoms with Gasteiger partial charge in [0, 0.05) is 23.7 Å². The van der Waals surface area contributed by atoms with Crippen LogP contribution in [-0.2, 0) is 21.2 Å². The average molecular weight is 478 g/mol. The fourth-order valence-electron chi connectivity index (χ4n) is 2.63. The van der Waals surface area contributed by atoms with Gasteiger partial charge in [-0.1, -0.05) is 29.8 Å². The molecule has 12 heteroatoms. The van der Waals surface area contributed by atoms with Crippen LogP contribution in [0.2, 0.25) is 5.02 Å². The van der Waals surface area contributed by atoms with Gasteiger partial charge in [0.2, 0.25) is 15.9 Å². The first-order chi connectivity index (χ1) is 14.4. The summed E-state index contributed by atoms with van der Waals surface area (Å²) in [5.41, 5.74) is 0.275. The maximum atomic E-state index is 12.2. The van der Waals surface area contributed by atoms with E-state index >= 15 is 0 Å². The van der Waals surface area contributed by atoms with E-state index in [-0.39, 0.29) is 30.6 Å². The molecule has 0 saturated carbocycles. The molecule has 0 radical (unpaired) electrons. The van der Waals surface area contributed by atoms with Gasteiger partial charge in [0.05, 0.1) is 16.9 Å². The maximum absolute atomic E-state index is 12.2. The van der Waals surface area contributed by atoms with Crippen molar-refractivity contribution in [3.05, 3.63) is 58.6 Å². The fraction of sp³-hybridized carbons (Fsp3) is 0.263. The molecule has 0 aromatic heterocycles. The number of carbonyl (C=O) groups is 2. The predicted octanol–water partition coefficient (Wildman–Crippen LogP) is 3.24. The number of halogens is 4. The summed E-state index contributed by atoms with van der Waals surface area (Å²) in [7, 11) is -4.37. The normalized spacial score (nSPS) is 11.8. The van der Waals surface area contributed by atoms with E-state index in [0.29, 0.717) is 10.6 Å². The predicted molar refractivity (Wildman–Crippen MR) is 109 cm³/mol. The second-order valence-electron chi connectivity index (χ2n) is 6.55. The molecule has 0 bridgehead atoms. The summed E-state index contributed by atoms with van der Waals surface area (Å²) in [5.74, 6) is -1.39. The highest BCUT2D eigenvalue weighted by Crippen LogP contribution is 2.22. The quantitative estimate of drug-likeness (QED) is 0.506. The second kappa shape index (κ2) is 10.1. The Bertz CT molecular complexity index is 1080. The van der Waals surface area contributed by atoms with Crippen molar-refractivity contribution in [2.45, 2.75) is 30.3 Å². The van der Waals surface area contributed by atoms with E-state index in [0.717, 1.165) is 12.1 Å². The standard InChI is InChI=1S/C19H19ClF3N3O4S/c20-15-5-2-1-4-12(15)10-17(27)26-13-6-7-14(16(11-13)31(24,29)30)18(28)25-9-3-8-19(21,22)23/h1-2,4-7,11H,3,8-10H2,(H,25,28)(H,26,27)(H2,24,29,30). The maximum Gasteiger partial charge on any atom is 0.389 e. The fourth-order valence-corrected chi connectivity index (χ4v) is 3.59. The summed E-state index contributed by atoms with van der Waals surface area (Å²) < 4.78 is 60.4. The van der Waals surface area contributed by atoms with Crippen LogP contribution in [0.5, 0.6) is 0 Å². The number of carbonyl (C=O) groups excluding carboxylic acids is 2. The largest absolute Gasteiger partial charge is 0.389 e. The van der Waals surface area contributed by atoms with Gasteiger partial charge in [0.15, 0.2) is 0 Å². The third-order valence-corrected chi connectivity index (χ3v) is 5.37. The van der Waals surface area contributed by atoms with Crippen molar-refractivity contribution in [3.63, 3.8) is 0 Å². The van der Waals surface area contributed by atoms with E-state index in [9.17, 15) is 31.2 Å². The highest BCUT2D eigenvalue weighted by Gasteiger charge is 2.26. The van der Waals surface area contributed by atoms with Crippen LogP contribution in [0.3, 0.4) is 0 Å². The van der Waals surface area contributed by atoms with Gasteiger partial charge in [0.1, 0.15) is 0 Å². The van der Waals surface area contributed by atoms with Crippen LogP contribution in [0.1, 0.15) is 28.8 Å². The highest BCUT2D eigenvalue weighted by atomic mass is 35.5. The molecule has 0 unspecified atom stereocenters. The summed E-state index contributed by atoms with van der Waals surface area (Å²) in [5, 5.41) is 10.3. The zero-order valence-corrected chi connectivity index (χ0v) is 17.6. The van der Waals surface area contributed by atoms with Crippen LogP contribution in [0.15, 0.2) is 47.4 Å². The van der Waals surface area contributed by atoms with Gasteiger partial charge in [-0.05, 0) is 36.2 Å². The number of hydrogen-bond donors (Lipinski definition) is 3. The number of benzene rings is 2. The second-order valence-corrected chi connectivity index (χ2v) is 8.48. The van der Waals surface area contributed by atoms with E-state index < -0.39 is 39.3 Å². The van der Waals surface area contributed by atoms with Crippen LogP contribution in [-0.4, -0.2) is 33.0 Å². The minimum absolute atomic E-state index is 0.0645. The van der Waals surface area contributed by atoms with Crippen molar-refractivity contribution in [3.8, 4) is 0 Å². The van der Waals surface area contributed by atoms with E-state index in [2.05, 4.69) is 10.6 Å². The molecule has 0 aliphatic carbocycles. The van der Waals surface area contributed by atoms with Gasteiger partial charge in [-0.15, -0.1) is 0 Å². The summed E-state index contributed by atoms with van der Waals surface area (Å²) >= 11 is 6.01. The number of anilines is 1. The first-order valence-electron chi connectivity index (χ1n) is 8.92. The lowest BCUT2D eigenvalue weighted by Gasteiger charge is -2.12. The Morgan fingerprint density at radius 3 is 2.39 bits per heavy atom. The number of sulfonamides is 1. The SMILES string of the molecule is NS(=O)(=O)c1cc(NC(=O)Cc2ccccc2Cl)ccc1C(=O)NCCCC(F)(F)F. The van der Waals surface area contributed by atoms with Crippen LogP contribution < -0.4 is 15.8 Å². The van der Waals surface area contributed by atoms with E-state index in [1.807, 2.05) is 0 Å². The first-order valence-corrected chi connectivity index (χ1v) is 10.8. The minimum Gasteiger partial charge on any atom is -0.352 e. The lowest BCUT2D eigenvalue weighted by atomic mass is 10.1. The first kappa shape index (κ1) is 24.6. The number of amides is 2. The highest BCUT2D eigenvalue weighted by molar-refractivity contribution is 7.89. The minimum atomic E-state index is -4.37. The molecule has 0 fully saturated rings. The molecule has 2 aromatic rings. The molecule has 168 valence electrons. The summed E-state index contributed by atoms with van der Waals surface area (Å²) in [6.07, 6.45) is -5.89. The molecule has 4 N–H and O–H groups in total. The van der Waals surface area contributed by atoms with Gasteiger partial charge < -0.3 is 10.6 Å². The molecule has 2 rings (SSSR count). The molecule has 0 saturated heterocycles. The van der Waals surface area contributed by atoms with Gasteiger partial charge in [0.25, 0.3) is 5.91 Å². The molecule has 0 atom stereocenters. The van der Waals surface area contributed by atoms with Crippen molar-refractivity contribution in [2.75, 3.05) is 11.9 Å². The molecule has 0 spiro atoms. The van der Waals surface area contributed by atoms with Crippen LogP contribution in [0.4, 0.5) is 18.9 Å². The zero-order valence-electron chi connectivity index (χ0n) is 16.0. The number of alkyl halides is 3. The molecule has 0 aliphatic rings. The van der Waals surface area contributed by atoms with E-state index in [1.54, 1.807) is 24.3 Å². The van der Waals surface area contributed by atoms with Crippen molar-refractivity contribution in [1.29, 1.82) is 0 Å². The van der Waals surface area contributed by atoms with Crippen molar-refractivity contribution in [1.82, 2.24) is 5.32 Å². The lowest BCUT2D eigenvalue weighted by molar-refractivity contribution is -0.135. The molecule has 0 aliphatic heterocycles. The van der Waals surface area contributed by atoms with Crippen molar-refractivity contribution < 1.29 is 31.2 Å². The van der Waals surface area contributed by atoms with Gasteiger partial charge in [-0.3, -0.25) is 9.59 Å². The average Bonchev–Trinajstić information content (AvgIpc) is 2.65. The molecule has 2 aromatic carbocycles. The summed E-state index contributed by atoms with van der Waals surface area (Å²) in [6, 6.07) is 10.1. The van der Waals surface area contributed by atoms with E-state index in [4.69, 9.17) is 16.7 Å². The molecular formula is C19H19ClF3N3O4S. The van der Waals surface area contributed by atoms with Crippen molar-refractivity contribution >= 4 is 39.1 Å². The number of nitrogens with one attached hydrogen (secondary N) is 2. The van der Waals surface area contributed by atoms with Gasteiger partial charge in [-0.2, -0.15) is 13.2 Å². The Kier molecular flexibility index (Phi) is 8.04. The molecular weight excluding hydrogens is 459 g/mol. The van der Waals surface area contributed by atoms with Crippen molar-refractivity contribution in [2.24, 2.45) is 5.14 Å². The van der Waals surface area contributed by atoms with Gasteiger partial charge >= 0.3 is 6.18 Å². The number of hydrogen-bond acceptors (Lipinski definition) is 4.